The molecule has 1 fully saturated rings. The Balaban J connectivity index is 0.00000242. The molecule has 0 bridgehead atoms. The maximum absolute atomic E-state index is 12.3. The fourth-order valence-electron chi connectivity index (χ4n) is 2.01. The van der Waals surface area contributed by atoms with Crippen molar-refractivity contribution in [2.45, 2.75) is 36.1 Å². The van der Waals surface area contributed by atoms with Gasteiger partial charge in [0, 0.05) is 12.1 Å². The molecule has 0 heterocycles. The average molecular weight is 361 g/mol. The van der Waals surface area contributed by atoms with Gasteiger partial charge in [0.1, 0.15) is 10.6 Å². The fourth-order valence-corrected chi connectivity index (χ4v) is 3.27. The summed E-state index contributed by atoms with van der Waals surface area (Å²) in [6, 6.07) is 4.58. The Morgan fingerprint density at radius 1 is 1.27 bits per heavy atom. The molecule has 0 aromatic heterocycles. The SMILES string of the molecule is Cl.NC1(CNS(=O)(=O)c2ccccc2OC(F)(F)F)CCC1. The number of para-hydroxylation sites is 1. The van der Waals surface area contributed by atoms with Crippen LogP contribution in [0.3, 0.4) is 0 Å². The first-order valence-corrected chi connectivity index (χ1v) is 7.73. The van der Waals surface area contributed by atoms with Crippen LogP contribution < -0.4 is 15.2 Å². The maximum Gasteiger partial charge on any atom is 0.573 e. The fraction of sp³-hybridized carbons (Fsp3) is 0.500. The van der Waals surface area contributed by atoms with Gasteiger partial charge in [-0.05, 0) is 31.4 Å². The van der Waals surface area contributed by atoms with E-state index in [-0.39, 0.29) is 19.0 Å². The van der Waals surface area contributed by atoms with Crippen LogP contribution in [0.4, 0.5) is 13.2 Å². The summed E-state index contributed by atoms with van der Waals surface area (Å²) in [7, 11) is -4.13. The zero-order valence-corrected chi connectivity index (χ0v) is 13.0. The lowest BCUT2D eigenvalue weighted by Crippen LogP contribution is -2.54. The second kappa shape index (κ2) is 6.61. The minimum Gasteiger partial charge on any atom is -0.404 e. The van der Waals surface area contributed by atoms with E-state index in [4.69, 9.17) is 5.73 Å². The van der Waals surface area contributed by atoms with Crippen molar-refractivity contribution in [3.8, 4) is 5.75 Å². The summed E-state index contributed by atoms with van der Waals surface area (Å²) in [5.74, 6) is -0.766. The minimum atomic E-state index is -4.96. The van der Waals surface area contributed by atoms with Gasteiger partial charge in [0.2, 0.25) is 10.0 Å². The summed E-state index contributed by atoms with van der Waals surface area (Å²) in [4.78, 5) is -0.565. The molecule has 22 heavy (non-hydrogen) atoms. The second-order valence-electron chi connectivity index (χ2n) is 5.04. The maximum atomic E-state index is 12.3. The number of nitrogens with one attached hydrogen (secondary N) is 1. The van der Waals surface area contributed by atoms with Crippen LogP contribution in [0.1, 0.15) is 19.3 Å². The molecule has 1 aliphatic carbocycles. The first kappa shape index (κ1) is 19.0. The van der Waals surface area contributed by atoms with E-state index in [0.29, 0.717) is 12.8 Å². The van der Waals surface area contributed by atoms with Crippen molar-refractivity contribution >= 4 is 22.4 Å². The van der Waals surface area contributed by atoms with E-state index in [1.54, 1.807) is 0 Å². The lowest BCUT2D eigenvalue weighted by Gasteiger charge is -2.38. The molecule has 3 N–H and O–H groups in total. The van der Waals surface area contributed by atoms with E-state index in [9.17, 15) is 21.6 Å². The van der Waals surface area contributed by atoms with Crippen LogP contribution in [0.5, 0.6) is 5.75 Å². The quantitative estimate of drug-likeness (QED) is 0.843. The first-order chi connectivity index (χ1) is 9.61. The van der Waals surface area contributed by atoms with Crippen molar-refractivity contribution in [3.05, 3.63) is 24.3 Å². The van der Waals surface area contributed by atoms with Crippen LogP contribution in [-0.4, -0.2) is 26.9 Å². The largest absolute Gasteiger partial charge is 0.573 e. The zero-order chi connectivity index (χ0) is 15.7. The Labute approximate surface area is 132 Å². The smallest absolute Gasteiger partial charge is 0.404 e. The molecule has 0 aliphatic heterocycles. The average Bonchev–Trinajstić information content (AvgIpc) is 2.33. The van der Waals surface area contributed by atoms with Gasteiger partial charge >= 0.3 is 6.36 Å². The van der Waals surface area contributed by atoms with Gasteiger partial charge in [-0.25, -0.2) is 13.1 Å². The number of ether oxygens (including phenoxy) is 1. The Bertz CT molecular complexity index is 618. The van der Waals surface area contributed by atoms with Gasteiger partial charge in [0.15, 0.2) is 0 Å². The lowest BCUT2D eigenvalue weighted by atomic mass is 9.78. The summed E-state index contributed by atoms with van der Waals surface area (Å²) in [5.41, 5.74) is 5.27. The van der Waals surface area contributed by atoms with Crippen LogP contribution >= 0.6 is 12.4 Å². The van der Waals surface area contributed by atoms with Crippen molar-refractivity contribution < 1.29 is 26.3 Å². The van der Waals surface area contributed by atoms with Gasteiger partial charge < -0.3 is 10.5 Å². The third-order valence-electron chi connectivity index (χ3n) is 3.33. The summed E-state index contributed by atoms with van der Waals surface area (Å²) < 4.78 is 67.1. The Hall–Kier alpha value is -1.03. The van der Waals surface area contributed by atoms with Gasteiger partial charge in [-0.2, -0.15) is 0 Å². The number of sulfonamides is 1. The van der Waals surface area contributed by atoms with Gasteiger partial charge in [-0.1, -0.05) is 12.1 Å². The molecular weight excluding hydrogens is 345 g/mol. The van der Waals surface area contributed by atoms with Crippen molar-refractivity contribution in [3.63, 3.8) is 0 Å². The molecule has 5 nitrogen and oxygen atoms in total. The van der Waals surface area contributed by atoms with E-state index in [1.165, 1.54) is 12.1 Å². The van der Waals surface area contributed by atoms with Gasteiger partial charge in [-0.3, -0.25) is 0 Å². The van der Waals surface area contributed by atoms with Crippen LogP contribution in [0, 0.1) is 0 Å². The third kappa shape index (κ3) is 4.73. The molecule has 0 atom stereocenters. The molecule has 0 radical (unpaired) electrons. The van der Waals surface area contributed by atoms with E-state index in [2.05, 4.69) is 9.46 Å². The number of halogens is 4. The summed E-state index contributed by atoms with van der Waals surface area (Å²) in [6.45, 7) is -0.0182. The molecule has 10 heteroatoms. The predicted molar refractivity (Wildman–Crippen MR) is 76.3 cm³/mol. The molecule has 1 aromatic rings. The normalized spacial score (nSPS) is 17.3. The molecule has 0 spiro atoms. The highest BCUT2D eigenvalue weighted by atomic mass is 35.5. The van der Waals surface area contributed by atoms with Crippen molar-refractivity contribution in [2.24, 2.45) is 5.73 Å². The number of hydrogen-bond donors (Lipinski definition) is 2. The zero-order valence-electron chi connectivity index (χ0n) is 11.4. The molecule has 0 amide bonds. The number of nitrogens with two attached hydrogens (primary N) is 1. The van der Waals surface area contributed by atoms with Crippen LogP contribution in [0.2, 0.25) is 0 Å². The molecule has 0 saturated heterocycles. The number of benzene rings is 1. The molecular formula is C12H16ClF3N2O3S. The van der Waals surface area contributed by atoms with Crippen LogP contribution in [0.15, 0.2) is 29.2 Å². The van der Waals surface area contributed by atoms with Gasteiger partial charge in [-0.15, -0.1) is 25.6 Å². The summed E-state index contributed by atoms with van der Waals surface area (Å²) >= 11 is 0. The van der Waals surface area contributed by atoms with E-state index < -0.39 is 32.6 Å². The molecule has 1 aliphatic rings. The van der Waals surface area contributed by atoms with Gasteiger partial charge in [0.05, 0.1) is 0 Å². The Morgan fingerprint density at radius 2 is 1.86 bits per heavy atom. The van der Waals surface area contributed by atoms with E-state index in [1.807, 2.05) is 0 Å². The topological polar surface area (TPSA) is 81.4 Å². The van der Waals surface area contributed by atoms with Crippen molar-refractivity contribution in [2.75, 3.05) is 6.54 Å². The molecule has 2 rings (SSSR count). The lowest BCUT2D eigenvalue weighted by molar-refractivity contribution is -0.275. The Kier molecular flexibility index (Phi) is 5.71. The van der Waals surface area contributed by atoms with Crippen molar-refractivity contribution in [1.29, 1.82) is 0 Å². The Morgan fingerprint density at radius 3 is 2.36 bits per heavy atom. The molecule has 1 saturated carbocycles. The highest BCUT2D eigenvalue weighted by Gasteiger charge is 2.36. The highest BCUT2D eigenvalue weighted by molar-refractivity contribution is 7.89. The van der Waals surface area contributed by atoms with Crippen molar-refractivity contribution in [1.82, 2.24) is 4.72 Å². The number of alkyl halides is 3. The standard InChI is InChI=1S/C12H15F3N2O3S.ClH/c13-12(14,15)20-9-4-1-2-5-10(9)21(18,19)17-8-11(16)6-3-7-11;/h1-2,4-5,17H,3,6-8,16H2;1H. The number of hydrogen-bond acceptors (Lipinski definition) is 4. The first-order valence-electron chi connectivity index (χ1n) is 6.25. The van der Waals surface area contributed by atoms with Gasteiger partial charge in [0.25, 0.3) is 0 Å². The van der Waals surface area contributed by atoms with Crippen LogP contribution in [0.25, 0.3) is 0 Å². The summed E-state index contributed by atoms with van der Waals surface area (Å²) in [6.07, 6.45) is -2.70. The van der Waals surface area contributed by atoms with Crippen LogP contribution in [-0.2, 0) is 10.0 Å². The molecule has 1 aromatic carbocycles. The predicted octanol–water partition coefficient (Wildman–Crippen LogP) is 2.17. The highest BCUT2D eigenvalue weighted by Crippen LogP contribution is 2.31. The third-order valence-corrected chi connectivity index (χ3v) is 4.77. The molecule has 126 valence electrons. The monoisotopic (exact) mass is 360 g/mol. The summed E-state index contributed by atoms with van der Waals surface area (Å²) in [5, 5.41) is 0. The van der Waals surface area contributed by atoms with E-state index in [0.717, 1.165) is 18.6 Å². The number of rotatable bonds is 5. The van der Waals surface area contributed by atoms with E-state index >= 15 is 0 Å². The minimum absolute atomic E-state index is 0. The molecule has 0 unspecified atom stereocenters. The second-order valence-corrected chi connectivity index (χ2v) is 6.77.